The highest BCUT2D eigenvalue weighted by Gasteiger charge is 2.27. The third kappa shape index (κ3) is 3.45. The summed E-state index contributed by atoms with van der Waals surface area (Å²) in [5, 5.41) is 16.5. The van der Waals surface area contributed by atoms with Crippen molar-refractivity contribution < 1.29 is 9.90 Å². The molecular formula is C15H19N3O2. The fourth-order valence-electron chi connectivity index (χ4n) is 2.03. The van der Waals surface area contributed by atoms with E-state index in [0.717, 1.165) is 5.56 Å². The predicted octanol–water partition coefficient (Wildman–Crippen LogP) is 1.30. The Morgan fingerprint density at radius 2 is 2.10 bits per heavy atom. The van der Waals surface area contributed by atoms with Gasteiger partial charge in [0, 0.05) is 25.4 Å². The molecule has 1 unspecified atom stereocenters. The molecule has 1 amide bonds. The van der Waals surface area contributed by atoms with Gasteiger partial charge in [-0.25, -0.2) is 0 Å². The fraction of sp³-hybridized carbons (Fsp3) is 0.333. The first-order valence-corrected chi connectivity index (χ1v) is 6.59. The van der Waals surface area contributed by atoms with E-state index in [2.05, 4.69) is 10.4 Å². The molecule has 20 heavy (non-hydrogen) atoms. The molecule has 2 aromatic rings. The van der Waals surface area contributed by atoms with Gasteiger partial charge in [-0.3, -0.25) is 9.48 Å². The fourth-order valence-corrected chi connectivity index (χ4v) is 2.03. The molecule has 0 aliphatic heterocycles. The van der Waals surface area contributed by atoms with Crippen molar-refractivity contribution in [2.24, 2.45) is 0 Å². The predicted molar refractivity (Wildman–Crippen MR) is 75.9 cm³/mol. The minimum Gasteiger partial charge on any atom is -0.394 e. The summed E-state index contributed by atoms with van der Waals surface area (Å²) in [5.41, 5.74) is 0.123. The van der Waals surface area contributed by atoms with E-state index in [1.165, 1.54) is 0 Å². The van der Waals surface area contributed by atoms with Crippen LogP contribution in [0.3, 0.4) is 0 Å². The molecule has 1 aromatic heterocycles. The lowest BCUT2D eigenvalue weighted by atomic mass is 9.93. The molecule has 0 fully saturated rings. The maximum atomic E-state index is 12.0. The van der Waals surface area contributed by atoms with Gasteiger partial charge < -0.3 is 10.4 Å². The van der Waals surface area contributed by atoms with Gasteiger partial charge in [-0.1, -0.05) is 30.3 Å². The Hall–Kier alpha value is -2.14. The number of nitrogens with zero attached hydrogens (tertiary/aromatic N) is 2. The molecule has 0 spiro atoms. The minimum atomic E-state index is -0.761. The second kappa shape index (κ2) is 6.34. The molecule has 5 heteroatoms. The Morgan fingerprint density at radius 3 is 2.70 bits per heavy atom. The lowest BCUT2D eigenvalue weighted by molar-refractivity contribution is -0.123. The summed E-state index contributed by atoms with van der Waals surface area (Å²) in [7, 11) is 0. The van der Waals surface area contributed by atoms with Gasteiger partial charge >= 0.3 is 0 Å². The minimum absolute atomic E-state index is 0.110. The number of aromatic nitrogens is 2. The number of carbonyl (C=O) groups is 1. The Labute approximate surface area is 118 Å². The van der Waals surface area contributed by atoms with Crippen molar-refractivity contribution in [3.63, 3.8) is 0 Å². The molecule has 5 nitrogen and oxygen atoms in total. The number of carbonyl (C=O) groups excluding carboxylic acids is 1. The monoisotopic (exact) mass is 273 g/mol. The number of nitrogens with one attached hydrogen (secondary N) is 1. The van der Waals surface area contributed by atoms with E-state index in [1.54, 1.807) is 10.9 Å². The van der Waals surface area contributed by atoms with E-state index in [1.807, 2.05) is 49.5 Å². The van der Waals surface area contributed by atoms with Crippen LogP contribution in [-0.4, -0.2) is 27.4 Å². The SMILES string of the molecule is CC(CO)(NC(=O)CCn1cccn1)c1ccccc1. The molecule has 0 saturated carbocycles. The van der Waals surface area contributed by atoms with Crippen LogP contribution >= 0.6 is 0 Å². The van der Waals surface area contributed by atoms with Crippen LogP contribution in [0, 0.1) is 0 Å². The topological polar surface area (TPSA) is 67.2 Å². The summed E-state index contributed by atoms with van der Waals surface area (Å²) in [4.78, 5) is 12.0. The molecule has 0 aliphatic rings. The highest BCUT2D eigenvalue weighted by Crippen LogP contribution is 2.19. The maximum absolute atomic E-state index is 12.0. The number of rotatable bonds is 6. The summed E-state index contributed by atoms with van der Waals surface area (Å²) >= 11 is 0. The number of hydrogen-bond acceptors (Lipinski definition) is 3. The molecular weight excluding hydrogens is 254 g/mol. The molecule has 0 bridgehead atoms. The van der Waals surface area contributed by atoms with E-state index in [9.17, 15) is 9.90 Å². The molecule has 2 N–H and O–H groups in total. The maximum Gasteiger partial charge on any atom is 0.222 e. The average Bonchev–Trinajstić information content (AvgIpc) is 2.99. The highest BCUT2D eigenvalue weighted by molar-refractivity contribution is 5.77. The van der Waals surface area contributed by atoms with Gasteiger partial charge in [0.2, 0.25) is 5.91 Å². The van der Waals surface area contributed by atoms with E-state index >= 15 is 0 Å². The number of aryl methyl sites for hydroxylation is 1. The lowest BCUT2D eigenvalue weighted by Crippen LogP contribution is -2.46. The molecule has 0 radical (unpaired) electrons. The zero-order valence-electron chi connectivity index (χ0n) is 11.5. The third-order valence-corrected chi connectivity index (χ3v) is 3.27. The number of benzene rings is 1. The van der Waals surface area contributed by atoms with Gasteiger partial charge in [0.1, 0.15) is 0 Å². The third-order valence-electron chi connectivity index (χ3n) is 3.27. The largest absolute Gasteiger partial charge is 0.394 e. The molecule has 0 aliphatic carbocycles. The summed E-state index contributed by atoms with van der Waals surface area (Å²) in [6.45, 7) is 2.19. The van der Waals surface area contributed by atoms with Crippen LogP contribution < -0.4 is 5.32 Å². The van der Waals surface area contributed by atoms with Crippen LogP contribution in [0.4, 0.5) is 0 Å². The van der Waals surface area contributed by atoms with Crippen molar-refractivity contribution in [2.45, 2.75) is 25.4 Å². The second-order valence-corrected chi connectivity index (χ2v) is 4.92. The van der Waals surface area contributed by atoms with Crippen molar-refractivity contribution in [1.82, 2.24) is 15.1 Å². The lowest BCUT2D eigenvalue weighted by Gasteiger charge is -2.29. The zero-order valence-corrected chi connectivity index (χ0v) is 11.5. The van der Waals surface area contributed by atoms with E-state index in [0.29, 0.717) is 13.0 Å². The van der Waals surface area contributed by atoms with Crippen LogP contribution in [0.15, 0.2) is 48.8 Å². The standard InChI is InChI=1S/C15H19N3O2/c1-15(12-19,13-6-3-2-4-7-13)17-14(20)8-11-18-10-5-9-16-18/h2-7,9-10,19H,8,11-12H2,1H3,(H,17,20). The zero-order chi connectivity index (χ0) is 14.4. The van der Waals surface area contributed by atoms with Gasteiger partial charge in [-0.15, -0.1) is 0 Å². The molecule has 1 atom stereocenters. The number of amides is 1. The summed E-state index contributed by atoms with van der Waals surface area (Å²) < 4.78 is 1.71. The van der Waals surface area contributed by atoms with Crippen LogP contribution in [0.2, 0.25) is 0 Å². The second-order valence-electron chi connectivity index (χ2n) is 4.92. The average molecular weight is 273 g/mol. The van der Waals surface area contributed by atoms with Crippen LogP contribution in [0.1, 0.15) is 18.9 Å². The Balaban J connectivity index is 1.97. The van der Waals surface area contributed by atoms with Gasteiger partial charge in [-0.05, 0) is 18.6 Å². The van der Waals surface area contributed by atoms with Crippen LogP contribution in [-0.2, 0) is 16.9 Å². The number of hydrogen-bond donors (Lipinski definition) is 2. The Bertz CT molecular complexity index is 540. The van der Waals surface area contributed by atoms with Gasteiger partial charge in [-0.2, -0.15) is 5.10 Å². The van der Waals surface area contributed by atoms with Crippen molar-refractivity contribution in [3.05, 3.63) is 54.4 Å². The molecule has 1 aromatic carbocycles. The molecule has 2 rings (SSSR count). The quantitative estimate of drug-likeness (QED) is 0.833. The van der Waals surface area contributed by atoms with Gasteiger partial charge in [0.25, 0.3) is 0 Å². The first-order chi connectivity index (χ1) is 9.64. The van der Waals surface area contributed by atoms with Gasteiger partial charge in [0.15, 0.2) is 0 Å². The van der Waals surface area contributed by atoms with Gasteiger partial charge in [0.05, 0.1) is 12.1 Å². The van der Waals surface area contributed by atoms with Crippen LogP contribution in [0.25, 0.3) is 0 Å². The van der Waals surface area contributed by atoms with Crippen molar-refractivity contribution in [2.75, 3.05) is 6.61 Å². The highest BCUT2D eigenvalue weighted by atomic mass is 16.3. The van der Waals surface area contributed by atoms with Crippen LogP contribution in [0.5, 0.6) is 0 Å². The van der Waals surface area contributed by atoms with Crippen molar-refractivity contribution in [3.8, 4) is 0 Å². The first-order valence-electron chi connectivity index (χ1n) is 6.59. The van der Waals surface area contributed by atoms with Crippen molar-refractivity contribution >= 4 is 5.91 Å². The van der Waals surface area contributed by atoms with Crippen molar-refractivity contribution in [1.29, 1.82) is 0 Å². The summed E-state index contributed by atoms with van der Waals surface area (Å²) in [6, 6.07) is 11.3. The molecule has 106 valence electrons. The molecule has 0 saturated heterocycles. The normalized spacial score (nSPS) is 13.7. The smallest absolute Gasteiger partial charge is 0.222 e. The number of aliphatic hydroxyl groups excluding tert-OH is 1. The first kappa shape index (κ1) is 14.3. The van der Waals surface area contributed by atoms with E-state index in [4.69, 9.17) is 0 Å². The summed E-state index contributed by atoms with van der Waals surface area (Å²) in [5.74, 6) is -0.110. The van der Waals surface area contributed by atoms with E-state index < -0.39 is 5.54 Å². The van der Waals surface area contributed by atoms with E-state index in [-0.39, 0.29) is 12.5 Å². The molecule has 1 heterocycles. The Kier molecular flexibility index (Phi) is 4.53. The Morgan fingerprint density at radius 1 is 1.35 bits per heavy atom. The summed E-state index contributed by atoms with van der Waals surface area (Å²) in [6.07, 6.45) is 3.82. The number of aliphatic hydroxyl groups is 1.